The summed E-state index contributed by atoms with van der Waals surface area (Å²) in [6, 6.07) is 14.1. The number of carbonyl (C=O) groups is 2. The third-order valence-corrected chi connectivity index (χ3v) is 3.78. The molecule has 2 rings (SSSR count). The highest BCUT2D eigenvalue weighted by molar-refractivity contribution is 5.99. The average molecular weight is 357 g/mol. The fourth-order valence-corrected chi connectivity index (χ4v) is 2.64. The summed E-state index contributed by atoms with van der Waals surface area (Å²) in [6.45, 7) is 3.42. The van der Waals surface area contributed by atoms with Crippen LogP contribution in [0.5, 0.6) is 11.5 Å². The lowest BCUT2D eigenvalue weighted by Crippen LogP contribution is -2.39. The zero-order valence-corrected chi connectivity index (χ0v) is 15.4. The van der Waals surface area contributed by atoms with E-state index in [9.17, 15) is 9.59 Å². The Morgan fingerprint density at radius 2 is 1.50 bits per heavy atom. The third kappa shape index (κ3) is 4.33. The van der Waals surface area contributed by atoms with Gasteiger partial charge in [0, 0.05) is 11.7 Å². The molecule has 26 heavy (non-hydrogen) atoms. The number of esters is 1. The molecule has 0 bridgehead atoms. The van der Waals surface area contributed by atoms with E-state index in [0.717, 1.165) is 5.69 Å². The molecule has 0 aromatic heterocycles. The van der Waals surface area contributed by atoms with Gasteiger partial charge >= 0.3 is 5.97 Å². The summed E-state index contributed by atoms with van der Waals surface area (Å²) in [5.41, 5.74) is 0.902. The minimum atomic E-state index is -0.676. The predicted molar refractivity (Wildman–Crippen MR) is 98.9 cm³/mol. The van der Waals surface area contributed by atoms with Crippen molar-refractivity contribution in [1.29, 1.82) is 0 Å². The first-order chi connectivity index (χ1) is 12.5. The Balaban J connectivity index is 2.15. The number of hydrogen-bond donors (Lipinski definition) is 0. The van der Waals surface area contributed by atoms with Crippen LogP contribution in [0.4, 0.5) is 5.69 Å². The highest BCUT2D eigenvalue weighted by Gasteiger charge is 2.24. The predicted octanol–water partition coefficient (Wildman–Crippen LogP) is 3.30. The Kier molecular flexibility index (Phi) is 6.60. The fraction of sp³-hybridized carbons (Fsp3) is 0.300. The van der Waals surface area contributed by atoms with E-state index in [1.54, 1.807) is 23.1 Å². The van der Waals surface area contributed by atoms with Crippen molar-refractivity contribution in [1.82, 2.24) is 0 Å². The minimum Gasteiger partial charge on any atom is -0.496 e. The van der Waals surface area contributed by atoms with Gasteiger partial charge in [0.15, 0.2) is 6.61 Å². The fourth-order valence-electron chi connectivity index (χ4n) is 2.64. The van der Waals surface area contributed by atoms with E-state index in [0.29, 0.717) is 11.5 Å². The van der Waals surface area contributed by atoms with Gasteiger partial charge in [0.1, 0.15) is 17.1 Å². The van der Waals surface area contributed by atoms with Gasteiger partial charge in [-0.15, -0.1) is 0 Å². The molecule has 0 spiro atoms. The van der Waals surface area contributed by atoms with E-state index in [1.165, 1.54) is 14.2 Å². The summed E-state index contributed by atoms with van der Waals surface area (Å²) in [6.07, 6.45) is 0. The standard InChI is InChI=1S/C20H23NO5/c1-14(2)21(15-9-6-5-7-10-15)18(22)13-26-20(23)19-16(24-3)11-8-12-17(19)25-4/h5-12,14H,13H2,1-4H3. The lowest BCUT2D eigenvalue weighted by Gasteiger charge is -2.26. The number of ether oxygens (including phenoxy) is 3. The molecule has 0 aliphatic carbocycles. The number of rotatable bonds is 7. The van der Waals surface area contributed by atoms with Gasteiger partial charge in [-0.05, 0) is 38.1 Å². The molecule has 0 saturated carbocycles. The summed E-state index contributed by atoms with van der Waals surface area (Å²) >= 11 is 0. The largest absolute Gasteiger partial charge is 0.496 e. The number of benzene rings is 2. The second-order valence-electron chi connectivity index (χ2n) is 5.81. The van der Waals surface area contributed by atoms with Gasteiger partial charge in [0.2, 0.25) is 0 Å². The Morgan fingerprint density at radius 1 is 0.923 bits per heavy atom. The van der Waals surface area contributed by atoms with Crippen molar-refractivity contribution in [2.45, 2.75) is 19.9 Å². The van der Waals surface area contributed by atoms with Crippen LogP contribution >= 0.6 is 0 Å². The van der Waals surface area contributed by atoms with Gasteiger partial charge in [-0.1, -0.05) is 24.3 Å². The van der Waals surface area contributed by atoms with E-state index in [1.807, 2.05) is 44.2 Å². The second-order valence-corrected chi connectivity index (χ2v) is 5.81. The quantitative estimate of drug-likeness (QED) is 0.712. The smallest absolute Gasteiger partial charge is 0.346 e. The van der Waals surface area contributed by atoms with Crippen LogP contribution in [-0.4, -0.2) is 38.7 Å². The topological polar surface area (TPSA) is 65.1 Å². The van der Waals surface area contributed by atoms with E-state index in [2.05, 4.69) is 0 Å². The van der Waals surface area contributed by atoms with Crippen LogP contribution < -0.4 is 14.4 Å². The molecule has 2 aromatic rings. The van der Waals surface area contributed by atoms with Crippen LogP contribution in [0.2, 0.25) is 0 Å². The Bertz CT molecular complexity index is 736. The molecule has 2 aromatic carbocycles. The van der Waals surface area contributed by atoms with Crippen molar-refractivity contribution in [2.75, 3.05) is 25.7 Å². The molecule has 6 heteroatoms. The highest BCUT2D eigenvalue weighted by atomic mass is 16.5. The molecule has 0 saturated heterocycles. The maximum atomic E-state index is 12.6. The summed E-state index contributed by atoms with van der Waals surface area (Å²) in [4.78, 5) is 26.7. The van der Waals surface area contributed by atoms with E-state index in [-0.39, 0.29) is 24.1 Å². The number of nitrogens with zero attached hydrogens (tertiary/aromatic N) is 1. The molecule has 138 valence electrons. The molecule has 0 N–H and O–H groups in total. The number of amides is 1. The van der Waals surface area contributed by atoms with Crippen LogP contribution in [0, 0.1) is 0 Å². The number of carbonyl (C=O) groups excluding carboxylic acids is 2. The van der Waals surface area contributed by atoms with Crippen LogP contribution in [0.3, 0.4) is 0 Å². The highest BCUT2D eigenvalue weighted by Crippen LogP contribution is 2.29. The third-order valence-electron chi connectivity index (χ3n) is 3.78. The van der Waals surface area contributed by atoms with Gasteiger partial charge in [0.25, 0.3) is 5.91 Å². The van der Waals surface area contributed by atoms with E-state index >= 15 is 0 Å². The maximum Gasteiger partial charge on any atom is 0.346 e. The minimum absolute atomic E-state index is 0.0793. The summed E-state index contributed by atoms with van der Waals surface area (Å²) < 4.78 is 15.6. The first-order valence-electron chi connectivity index (χ1n) is 8.24. The van der Waals surface area contributed by atoms with Gasteiger partial charge < -0.3 is 19.1 Å². The van der Waals surface area contributed by atoms with Gasteiger partial charge in [-0.2, -0.15) is 0 Å². The van der Waals surface area contributed by atoms with Crippen LogP contribution in [0.1, 0.15) is 24.2 Å². The van der Waals surface area contributed by atoms with E-state index < -0.39 is 5.97 Å². The molecule has 6 nitrogen and oxygen atoms in total. The maximum absolute atomic E-state index is 12.6. The first-order valence-corrected chi connectivity index (χ1v) is 8.24. The Labute approximate surface area is 153 Å². The Morgan fingerprint density at radius 3 is 2.00 bits per heavy atom. The number of hydrogen-bond acceptors (Lipinski definition) is 5. The normalized spacial score (nSPS) is 10.3. The van der Waals surface area contributed by atoms with E-state index in [4.69, 9.17) is 14.2 Å². The van der Waals surface area contributed by atoms with Gasteiger partial charge in [-0.25, -0.2) is 4.79 Å². The first kappa shape index (κ1) is 19.3. The van der Waals surface area contributed by atoms with Crippen molar-refractivity contribution in [3.63, 3.8) is 0 Å². The molecule has 0 heterocycles. The number of para-hydroxylation sites is 1. The lowest BCUT2D eigenvalue weighted by atomic mass is 10.2. The SMILES string of the molecule is COc1cccc(OC)c1C(=O)OCC(=O)N(c1ccccc1)C(C)C. The van der Waals surface area contributed by atoms with Crippen molar-refractivity contribution in [3.05, 3.63) is 54.1 Å². The number of anilines is 1. The molecule has 0 aliphatic heterocycles. The zero-order chi connectivity index (χ0) is 19.1. The summed E-state index contributed by atoms with van der Waals surface area (Å²) in [5, 5.41) is 0. The molecule has 0 radical (unpaired) electrons. The molecule has 1 amide bonds. The van der Waals surface area contributed by atoms with Gasteiger partial charge in [0.05, 0.1) is 14.2 Å². The van der Waals surface area contributed by atoms with Crippen molar-refractivity contribution in [2.24, 2.45) is 0 Å². The molecule has 0 atom stereocenters. The number of methoxy groups -OCH3 is 2. The molecular formula is C20H23NO5. The average Bonchev–Trinajstić information content (AvgIpc) is 2.66. The van der Waals surface area contributed by atoms with Crippen molar-refractivity contribution in [3.8, 4) is 11.5 Å². The molecular weight excluding hydrogens is 334 g/mol. The Hall–Kier alpha value is -3.02. The van der Waals surface area contributed by atoms with Crippen molar-refractivity contribution >= 4 is 17.6 Å². The second kappa shape index (κ2) is 8.89. The van der Waals surface area contributed by atoms with Crippen molar-refractivity contribution < 1.29 is 23.8 Å². The zero-order valence-electron chi connectivity index (χ0n) is 15.4. The van der Waals surface area contributed by atoms with Gasteiger partial charge in [-0.3, -0.25) is 4.79 Å². The molecule has 0 unspecified atom stereocenters. The van der Waals surface area contributed by atoms with Crippen LogP contribution in [0.25, 0.3) is 0 Å². The lowest BCUT2D eigenvalue weighted by molar-refractivity contribution is -0.122. The monoisotopic (exact) mass is 357 g/mol. The molecule has 0 aliphatic rings. The van der Waals surface area contributed by atoms with Crippen LogP contribution in [0.15, 0.2) is 48.5 Å². The summed E-state index contributed by atoms with van der Waals surface area (Å²) in [5.74, 6) is -0.339. The summed E-state index contributed by atoms with van der Waals surface area (Å²) in [7, 11) is 2.90. The van der Waals surface area contributed by atoms with Crippen LogP contribution in [-0.2, 0) is 9.53 Å². The molecule has 0 fully saturated rings.